The van der Waals surface area contributed by atoms with Crippen molar-refractivity contribution in [2.75, 3.05) is 5.32 Å². The second-order valence-corrected chi connectivity index (χ2v) is 8.94. The highest BCUT2D eigenvalue weighted by atomic mass is 16.1. The number of carbonyl (C=O) groups excluding carboxylic acids is 1. The average molecular weight is 416 g/mol. The lowest BCUT2D eigenvalue weighted by Gasteiger charge is -2.29. The lowest BCUT2D eigenvalue weighted by Crippen LogP contribution is -2.42. The van der Waals surface area contributed by atoms with E-state index in [1.165, 1.54) is 12.8 Å². The Labute approximate surface area is 182 Å². The lowest BCUT2D eigenvalue weighted by atomic mass is 9.91. The van der Waals surface area contributed by atoms with E-state index in [2.05, 4.69) is 34.7 Å². The summed E-state index contributed by atoms with van der Waals surface area (Å²) in [4.78, 5) is 21.7. The van der Waals surface area contributed by atoms with Gasteiger partial charge in [-0.15, -0.1) is 0 Å². The fraction of sp³-hybridized carbons (Fsp3) is 0.400. The van der Waals surface area contributed by atoms with Crippen LogP contribution in [0.3, 0.4) is 0 Å². The zero-order valence-corrected chi connectivity index (χ0v) is 17.9. The van der Waals surface area contributed by atoms with Gasteiger partial charge in [0.1, 0.15) is 0 Å². The standard InChI is InChI=1S/C25H29N5O/c1-15-6-7-17(24(31)28-19-9-10-19)13-20(15)16-8-11-22-18(12-16)14-27-25(29-22)30-23-5-3-2-4-21(23)26/h6-8,11-14,19,21,23H,2-5,9-10,26H2,1H3,(H,28,31)(H,27,29,30)/t21-,23?/m1/s1. The molecule has 2 aliphatic carbocycles. The number of benzene rings is 2. The van der Waals surface area contributed by atoms with Crippen molar-refractivity contribution >= 4 is 22.8 Å². The van der Waals surface area contributed by atoms with Crippen LogP contribution >= 0.6 is 0 Å². The Balaban J connectivity index is 1.40. The summed E-state index contributed by atoms with van der Waals surface area (Å²) in [5.41, 5.74) is 11.1. The Kier molecular flexibility index (Phi) is 5.32. The number of nitrogens with one attached hydrogen (secondary N) is 2. The van der Waals surface area contributed by atoms with Crippen LogP contribution in [0.2, 0.25) is 0 Å². The maximum atomic E-state index is 12.5. The Morgan fingerprint density at radius 1 is 1.06 bits per heavy atom. The predicted octanol–water partition coefficient (Wildman–Crippen LogP) is 4.18. The van der Waals surface area contributed by atoms with Crippen molar-refractivity contribution < 1.29 is 4.79 Å². The SMILES string of the molecule is Cc1ccc(C(=O)NC2CC2)cc1-c1ccc2nc(NC3CCCC[C@H]3N)ncc2c1. The third kappa shape index (κ3) is 4.39. The monoisotopic (exact) mass is 415 g/mol. The first kappa shape index (κ1) is 19.9. The van der Waals surface area contributed by atoms with Crippen molar-refractivity contribution in [3.63, 3.8) is 0 Å². The number of carbonyl (C=O) groups is 1. The van der Waals surface area contributed by atoms with Crippen LogP contribution < -0.4 is 16.4 Å². The van der Waals surface area contributed by atoms with Gasteiger partial charge in [0, 0.05) is 35.3 Å². The molecule has 0 saturated heterocycles. The van der Waals surface area contributed by atoms with E-state index in [0.717, 1.165) is 53.3 Å². The molecule has 1 amide bonds. The van der Waals surface area contributed by atoms with E-state index >= 15 is 0 Å². The minimum Gasteiger partial charge on any atom is -0.350 e. The largest absolute Gasteiger partial charge is 0.350 e. The minimum absolute atomic E-state index is 0.00418. The van der Waals surface area contributed by atoms with Crippen LogP contribution in [0, 0.1) is 6.92 Å². The highest BCUT2D eigenvalue weighted by molar-refractivity contribution is 5.96. The molecule has 2 atom stereocenters. The molecule has 3 aromatic rings. The fourth-order valence-electron chi connectivity index (χ4n) is 4.35. The first-order valence-corrected chi connectivity index (χ1v) is 11.3. The molecule has 0 spiro atoms. The van der Waals surface area contributed by atoms with Gasteiger partial charge in [-0.2, -0.15) is 0 Å². The third-order valence-corrected chi connectivity index (χ3v) is 6.44. The number of aromatic nitrogens is 2. The number of hydrogen-bond donors (Lipinski definition) is 3. The number of fused-ring (bicyclic) bond motifs is 1. The van der Waals surface area contributed by atoms with Gasteiger partial charge < -0.3 is 16.4 Å². The molecule has 0 bridgehead atoms. The predicted molar refractivity (Wildman–Crippen MR) is 124 cm³/mol. The summed E-state index contributed by atoms with van der Waals surface area (Å²) in [5.74, 6) is 0.641. The Morgan fingerprint density at radius 2 is 1.90 bits per heavy atom. The molecule has 2 saturated carbocycles. The maximum Gasteiger partial charge on any atom is 0.251 e. The van der Waals surface area contributed by atoms with Gasteiger partial charge in [0.15, 0.2) is 0 Å². The van der Waals surface area contributed by atoms with Crippen LogP contribution in [0.25, 0.3) is 22.0 Å². The maximum absolute atomic E-state index is 12.5. The fourth-order valence-corrected chi connectivity index (χ4v) is 4.35. The van der Waals surface area contributed by atoms with E-state index in [1.807, 2.05) is 30.5 Å². The molecule has 2 aliphatic rings. The van der Waals surface area contributed by atoms with Gasteiger partial charge >= 0.3 is 0 Å². The first-order valence-electron chi connectivity index (χ1n) is 11.3. The molecule has 1 aromatic heterocycles. The molecule has 2 aromatic carbocycles. The molecule has 6 heteroatoms. The normalized spacial score (nSPS) is 21.1. The van der Waals surface area contributed by atoms with Crippen molar-refractivity contribution in [2.24, 2.45) is 5.73 Å². The zero-order chi connectivity index (χ0) is 21.4. The molecular weight excluding hydrogens is 386 g/mol. The minimum atomic E-state index is 0.00418. The summed E-state index contributed by atoms with van der Waals surface area (Å²) in [6.45, 7) is 2.07. The average Bonchev–Trinajstić information content (AvgIpc) is 3.59. The third-order valence-electron chi connectivity index (χ3n) is 6.44. The van der Waals surface area contributed by atoms with Gasteiger partial charge in [0.2, 0.25) is 5.95 Å². The molecule has 5 rings (SSSR count). The molecule has 0 aliphatic heterocycles. The number of anilines is 1. The van der Waals surface area contributed by atoms with Crippen LogP contribution in [0.15, 0.2) is 42.6 Å². The molecular formula is C25H29N5O. The van der Waals surface area contributed by atoms with Crippen LogP contribution in [0.1, 0.15) is 54.4 Å². The van der Waals surface area contributed by atoms with Crippen LogP contribution in [-0.2, 0) is 0 Å². The van der Waals surface area contributed by atoms with Gasteiger partial charge in [0.05, 0.1) is 5.52 Å². The molecule has 1 unspecified atom stereocenters. The van der Waals surface area contributed by atoms with Gasteiger partial charge in [-0.05, 0) is 73.6 Å². The van der Waals surface area contributed by atoms with E-state index in [-0.39, 0.29) is 18.0 Å². The van der Waals surface area contributed by atoms with Crippen molar-refractivity contribution in [2.45, 2.75) is 63.6 Å². The number of nitrogens with two attached hydrogens (primary N) is 1. The number of rotatable bonds is 5. The van der Waals surface area contributed by atoms with Gasteiger partial charge in [0.25, 0.3) is 5.91 Å². The van der Waals surface area contributed by atoms with E-state index in [1.54, 1.807) is 0 Å². The Bertz CT molecular complexity index is 1120. The highest BCUT2D eigenvalue weighted by Gasteiger charge is 2.24. The molecule has 6 nitrogen and oxygen atoms in total. The summed E-state index contributed by atoms with van der Waals surface area (Å²) in [7, 11) is 0. The number of amides is 1. The summed E-state index contributed by atoms with van der Waals surface area (Å²) in [6, 6.07) is 12.8. The molecule has 2 fully saturated rings. The summed E-state index contributed by atoms with van der Waals surface area (Å²) in [6.07, 6.45) is 8.53. The second-order valence-electron chi connectivity index (χ2n) is 8.94. The van der Waals surface area contributed by atoms with Crippen molar-refractivity contribution in [3.05, 3.63) is 53.7 Å². The van der Waals surface area contributed by atoms with E-state index < -0.39 is 0 Å². The van der Waals surface area contributed by atoms with E-state index in [0.29, 0.717) is 17.6 Å². The number of nitrogens with zero attached hydrogens (tertiary/aromatic N) is 2. The van der Waals surface area contributed by atoms with E-state index in [9.17, 15) is 4.79 Å². The number of hydrogen-bond acceptors (Lipinski definition) is 5. The van der Waals surface area contributed by atoms with Crippen molar-refractivity contribution in [1.82, 2.24) is 15.3 Å². The van der Waals surface area contributed by atoms with E-state index in [4.69, 9.17) is 10.7 Å². The highest BCUT2D eigenvalue weighted by Crippen LogP contribution is 2.29. The Hall–Kier alpha value is -2.99. The van der Waals surface area contributed by atoms with Crippen molar-refractivity contribution in [3.8, 4) is 11.1 Å². The second kappa shape index (κ2) is 8.27. The summed E-state index contributed by atoms with van der Waals surface area (Å²) in [5, 5.41) is 7.47. The molecule has 0 radical (unpaired) electrons. The lowest BCUT2D eigenvalue weighted by molar-refractivity contribution is 0.0951. The van der Waals surface area contributed by atoms with Crippen LogP contribution in [-0.4, -0.2) is 34.0 Å². The molecule has 1 heterocycles. The number of aryl methyl sites for hydroxylation is 1. The summed E-state index contributed by atoms with van der Waals surface area (Å²) >= 11 is 0. The quantitative estimate of drug-likeness (QED) is 0.581. The van der Waals surface area contributed by atoms with Gasteiger partial charge in [-0.25, -0.2) is 9.97 Å². The van der Waals surface area contributed by atoms with Crippen LogP contribution in [0.5, 0.6) is 0 Å². The smallest absolute Gasteiger partial charge is 0.251 e. The first-order chi connectivity index (χ1) is 15.1. The molecule has 4 N–H and O–H groups in total. The van der Waals surface area contributed by atoms with Gasteiger partial charge in [-0.1, -0.05) is 25.0 Å². The zero-order valence-electron chi connectivity index (χ0n) is 17.9. The van der Waals surface area contributed by atoms with Crippen LogP contribution in [0.4, 0.5) is 5.95 Å². The van der Waals surface area contributed by atoms with Gasteiger partial charge in [-0.3, -0.25) is 4.79 Å². The molecule has 31 heavy (non-hydrogen) atoms. The molecule has 160 valence electrons. The Morgan fingerprint density at radius 3 is 2.71 bits per heavy atom. The topological polar surface area (TPSA) is 92.9 Å². The summed E-state index contributed by atoms with van der Waals surface area (Å²) < 4.78 is 0. The van der Waals surface area contributed by atoms with Crippen molar-refractivity contribution in [1.29, 1.82) is 0 Å².